The van der Waals surface area contributed by atoms with Crippen LogP contribution in [-0.4, -0.2) is 46.6 Å². The molecule has 22 heavy (non-hydrogen) atoms. The van der Waals surface area contributed by atoms with E-state index in [0.29, 0.717) is 12.1 Å². The molecule has 2 rings (SSSR count). The lowest BCUT2D eigenvalue weighted by Crippen LogP contribution is -2.04. The van der Waals surface area contributed by atoms with E-state index >= 15 is 0 Å². The van der Waals surface area contributed by atoms with Gasteiger partial charge in [0.25, 0.3) is 0 Å². The van der Waals surface area contributed by atoms with Gasteiger partial charge in [-0.3, -0.25) is 4.79 Å². The van der Waals surface area contributed by atoms with Gasteiger partial charge in [0.1, 0.15) is 28.4 Å². The summed E-state index contributed by atoms with van der Waals surface area (Å²) in [5.74, 6) is -10.1. The number of phenols is 8. The van der Waals surface area contributed by atoms with Gasteiger partial charge in [-0.1, -0.05) is 0 Å². The van der Waals surface area contributed by atoms with E-state index in [-0.39, 0.29) is 0 Å². The van der Waals surface area contributed by atoms with E-state index < -0.39 is 62.9 Å². The maximum atomic E-state index is 12.2. The first-order valence-corrected chi connectivity index (χ1v) is 5.65. The van der Waals surface area contributed by atoms with E-state index in [2.05, 4.69) is 0 Å². The van der Waals surface area contributed by atoms with Crippen molar-refractivity contribution in [1.29, 1.82) is 0 Å². The van der Waals surface area contributed by atoms with Crippen LogP contribution in [0.15, 0.2) is 12.1 Å². The Hall–Kier alpha value is -3.49. The zero-order chi connectivity index (χ0) is 16.8. The highest BCUT2D eigenvalue weighted by atomic mass is 16.4. The lowest BCUT2D eigenvalue weighted by Gasteiger charge is -2.13. The highest BCUT2D eigenvalue weighted by molar-refractivity contribution is 6.16. The Morgan fingerprint density at radius 1 is 0.591 bits per heavy atom. The summed E-state index contributed by atoms with van der Waals surface area (Å²) in [5.41, 5.74) is -1.88. The number of benzene rings is 2. The van der Waals surface area contributed by atoms with E-state index in [0.717, 1.165) is 0 Å². The zero-order valence-electron chi connectivity index (χ0n) is 10.6. The molecule has 9 heteroatoms. The van der Waals surface area contributed by atoms with Gasteiger partial charge in [-0.15, -0.1) is 0 Å². The molecule has 0 aliphatic heterocycles. The Bertz CT molecular complexity index is 743. The quantitative estimate of drug-likeness (QED) is 0.223. The average molecular weight is 310 g/mol. The molecular formula is C13H10O9. The summed E-state index contributed by atoms with van der Waals surface area (Å²) in [5, 5.41) is 75.6. The normalized spacial score (nSPS) is 10.5. The van der Waals surface area contributed by atoms with Crippen LogP contribution < -0.4 is 0 Å². The van der Waals surface area contributed by atoms with Crippen LogP contribution in [0.25, 0.3) is 0 Å². The smallest absolute Gasteiger partial charge is 0.208 e. The molecule has 0 heterocycles. The van der Waals surface area contributed by atoms with Crippen LogP contribution in [0.1, 0.15) is 15.9 Å². The lowest BCUT2D eigenvalue weighted by atomic mass is 9.98. The average Bonchev–Trinajstić information content (AvgIpc) is 2.42. The fourth-order valence-corrected chi connectivity index (χ4v) is 1.86. The Labute approximate surface area is 121 Å². The second kappa shape index (κ2) is 4.81. The molecule has 0 radical (unpaired) electrons. The van der Waals surface area contributed by atoms with Crippen molar-refractivity contribution in [3.05, 3.63) is 23.3 Å². The summed E-state index contributed by atoms with van der Waals surface area (Å²) in [6, 6.07) is 1.42. The number of hydrogen-bond donors (Lipinski definition) is 8. The Morgan fingerprint density at radius 3 is 1.36 bits per heavy atom. The molecule has 9 nitrogen and oxygen atoms in total. The fraction of sp³-hybridized carbons (Fsp3) is 0. The largest absolute Gasteiger partial charge is 0.508 e. The first-order chi connectivity index (χ1) is 10.2. The number of hydrogen-bond acceptors (Lipinski definition) is 9. The van der Waals surface area contributed by atoms with Gasteiger partial charge in [0.05, 0.1) is 0 Å². The predicted molar refractivity (Wildman–Crippen MR) is 69.6 cm³/mol. The number of carbonyl (C=O) groups is 1. The van der Waals surface area contributed by atoms with Crippen molar-refractivity contribution in [2.24, 2.45) is 0 Å². The molecule has 0 aliphatic carbocycles. The van der Waals surface area contributed by atoms with Gasteiger partial charge in [-0.25, -0.2) is 0 Å². The summed E-state index contributed by atoms with van der Waals surface area (Å²) in [6.45, 7) is 0. The molecule has 0 aliphatic rings. The Balaban J connectivity index is 2.76. The minimum absolute atomic E-state index is 0.559. The molecule has 0 spiro atoms. The molecule has 116 valence electrons. The molecule has 2 aromatic rings. The molecule has 8 N–H and O–H groups in total. The SMILES string of the molecule is O=C(c1c(O)cc(O)cc1O)c1c(O)c(O)c(O)c(O)c1O. The molecule has 2 aromatic carbocycles. The van der Waals surface area contributed by atoms with Gasteiger partial charge in [0.2, 0.25) is 23.0 Å². The van der Waals surface area contributed by atoms with Crippen molar-refractivity contribution in [2.75, 3.05) is 0 Å². The van der Waals surface area contributed by atoms with E-state index in [1.165, 1.54) is 0 Å². The number of ketones is 1. The zero-order valence-corrected chi connectivity index (χ0v) is 10.6. The monoisotopic (exact) mass is 310 g/mol. The van der Waals surface area contributed by atoms with Crippen LogP contribution in [0.3, 0.4) is 0 Å². The van der Waals surface area contributed by atoms with Crippen molar-refractivity contribution >= 4 is 5.78 Å². The van der Waals surface area contributed by atoms with Gasteiger partial charge in [0.15, 0.2) is 11.5 Å². The van der Waals surface area contributed by atoms with E-state index in [4.69, 9.17) is 5.11 Å². The number of carbonyl (C=O) groups excluding carboxylic acids is 1. The molecule has 0 atom stereocenters. The van der Waals surface area contributed by atoms with Crippen LogP contribution in [0.5, 0.6) is 46.0 Å². The van der Waals surface area contributed by atoms with Gasteiger partial charge < -0.3 is 40.9 Å². The summed E-state index contributed by atoms with van der Waals surface area (Å²) >= 11 is 0. The van der Waals surface area contributed by atoms with Crippen molar-refractivity contribution in [3.8, 4) is 46.0 Å². The van der Waals surface area contributed by atoms with E-state index in [1.807, 2.05) is 0 Å². The highest BCUT2D eigenvalue weighted by Gasteiger charge is 2.31. The first-order valence-electron chi connectivity index (χ1n) is 5.65. The van der Waals surface area contributed by atoms with Crippen LogP contribution >= 0.6 is 0 Å². The van der Waals surface area contributed by atoms with Crippen LogP contribution in [-0.2, 0) is 0 Å². The van der Waals surface area contributed by atoms with Crippen LogP contribution in [0, 0.1) is 0 Å². The lowest BCUT2D eigenvalue weighted by molar-refractivity contribution is 0.102. The van der Waals surface area contributed by atoms with Crippen LogP contribution in [0.2, 0.25) is 0 Å². The standard InChI is InChI=1S/C13H10O9/c14-3-1-4(15)6(5(16)2-3)8(17)7-9(18)11(20)13(22)12(21)10(7)19/h1-2,14-16,18-22H. The predicted octanol–water partition coefficient (Wildman–Crippen LogP) is 0.562. The second-order valence-corrected chi connectivity index (χ2v) is 4.31. The van der Waals surface area contributed by atoms with E-state index in [9.17, 15) is 40.5 Å². The second-order valence-electron chi connectivity index (χ2n) is 4.31. The number of rotatable bonds is 2. The molecule has 0 saturated carbocycles. The number of phenolic OH excluding ortho intramolecular Hbond substituents is 8. The van der Waals surface area contributed by atoms with Crippen molar-refractivity contribution in [1.82, 2.24) is 0 Å². The van der Waals surface area contributed by atoms with E-state index in [1.54, 1.807) is 0 Å². The topological polar surface area (TPSA) is 179 Å². The minimum atomic E-state index is -1.38. The minimum Gasteiger partial charge on any atom is -0.508 e. The van der Waals surface area contributed by atoms with Crippen molar-refractivity contribution in [2.45, 2.75) is 0 Å². The molecule has 0 amide bonds. The maximum Gasteiger partial charge on any atom is 0.208 e. The van der Waals surface area contributed by atoms with Gasteiger partial charge >= 0.3 is 0 Å². The maximum absolute atomic E-state index is 12.2. The molecule has 0 fully saturated rings. The molecule has 0 saturated heterocycles. The Morgan fingerprint density at radius 2 is 0.955 bits per heavy atom. The summed E-state index contributed by atoms with van der Waals surface area (Å²) < 4.78 is 0. The Kier molecular flexibility index (Phi) is 3.26. The summed E-state index contributed by atoms with van der Waals surface area (Å²) in [6.07, 6.45) is 0. The summed E-state index contributed by atoms with van der Waals surface area (Å²) in [4.78, 5) is 12.2. The highest BCUT2D eigenvalue weighted by Crippen LogP contribution is 2.52. The first kappa shape index (κ1) is 14.9. The third-order valence-corrected chi connectivity index (χ3v) is 2.91. The third-order valence-electron chi connectivity index (χ3n) is 2.91. The molecule has 0 unspecified atom stereocenters. The van der Waals surface area contributed by atoms with Gasteiger partial charge in [-0.05, 0) is 0 Å². The fourth-order valence-electron chi connectivity index (χ4n) is 1.86. The van der Waals surface area contributed by atoms with Gasteiger partial charge in [-0.2, -0.15) is 0 Å². The van der Waals surface area contributed by atoms with Crippen LogP contribution in [0.4, 0.5) is 0 Å². The molecular weight excluding hydrogens is 300 g/mol. The molecule has 0 bridgehead atoms. The number of aromatic hydroxyl groups is 8. The molecule has 0 aromatic heterocycles. The van der Waals surface area contributed by atoms with Gasteiger partial charge in [0, 0.05) is 12.1 Å². The van der Waals surface area contributed by atoms with Crippen molar-refractivity contribution in [3.63, 3.8) is 0 Å². The summed E-state index contributed by atoms with van der Waals surface area (Å²) in [7, 11) is 0. The third kappa shape index (κ3) is 2.00. The van der Waals surface area contributed by atoms with Crippen molar-refractivity contribution < 1.29 is 45.6 Å².